The predicted octanol–water partition coefficient (Wildman–Crippen LogP) is 3.94. The van der Waals surface area contributed by atoms with Crippen LogP contribution < -0.4 is 0 Å². The number of benzene rings is 1. The molecule has 0 unspecified atom stereocenters. The van der Waals surface area contributed by atoms with Gasteiger partial charge in [-0.2, -0.15) is 0 Å². The van der Waals surface area contributed by atoms with Gasteiger partial charge in [0.1, 0.15) is 0 Å². The lowest BCUT2D eigenvalue weighted by molar-refractivity contribution is -0.0975. The van der Waals surface area contributed by atoms with Gasteiger partial charge in [-0.05, 0) is 86.5 Å². The highest BCUT2D eigenvalue weighted by molar-refractivity contribution is 5.88. The Kier molecular flexibility index (Phi) is 5.21. The van der Waals surface area contributed by atoms with E-state index in [0.717, 1.165) is 44.9 Å². The zero-order chi connectivity index (χ0) is 18.1. The van der Waals surface area contributed by atoms with E-state index in [2.05, 4.69) is 6.92 Å². The van der Waals surface area contributed by atoms with E-state index in [0.29, 0.717) is 24.7 Å². The molecule has 0 aliphatic heterocycles. The Morgan fingerprint density at radius 2 is 2.12 bits per heavy atom. The first-order valence-electron chi connectivity index (χ1n) is 9.61. The summed E-state index contributed by atoms with van der Waals surface area (Å²) >= 11 is 0. The molecule has 4 nitrogen and oxygen atoms in total. The van der Waals surface area contributed by atoms with Crippen LogP contribution in [-0.4, -0.2) is 35.0 Å². The number of hydrogen-bond donors (Lipinski definition) is 2. The van der Waals surface area contributed by atoms with Crippen molar-refractivity contribution in [2.24, 2.45) is 5.92 Å². The van der Waals surface area contributed by atoms with Crippen molar-refractivity contribution < 1.29 is 19.7 Å². The van der Waals surface area contributed by atoms with Crippen LogP contribution in [0.3, 0.4) is 0 Å². The van der Waals surface area contributed by atoms with E-state index >= 15 is 0 Å². The second-order valence-electron chi connectivity index (χ2n) is 7.84. The van der Waals surface area contributed by atoms with Crippen LogP contribution in [0.2, 0.25) is 0 Å². The number of carbonyl (C=O) groups is 1. The summed E-state index contributed by atoms with van der Waals surface area (Å²) in [5, 5.41) is 20.3. The highest BCUT2D eigenvalue weighted by atomic mass is 16.5. The van der Waals surface area contributed by atoms with Crippen LogP contribution >= 0.6 is 0 Å². The summed E-state index contributed by atoms with van der Waals surface area (Å²) in [5.74, 6) is -0.433. The maximum absolute atomic E-state index is 11.3. The van der Waals surface area contributed by atoms with E-state index in [9.17, 15) is 15.0 Å². The fourth-order valence-electron chi connectivity index (χ4n) is 5.19. The van der Waals surface area contributed by atoms with Crippen LogP contribution in [-0.2, 0) is 16.6 Å². The first kappa shape index (κ1) is 18.4. The Hall–Kier alpha value is -1.39. The number of carboxylic acids is 1. The van der Waals surface area contributed by atoms with E-state index < -0.39 is 11.6 Å². The van der Waals surface area contributed by atoms with Gasteiger partial charge in [-0.25, -0.2) is 4.79 Å². The standard InChI is InChI=1S/C21H30O4/c1-3-21-11-10-20(24,14-25-4-2)13-17(21)7-5-6-15-12-16(19(22)23)8-9-18(15)21/h8-9,12,17,24H,3-7,10-11,13-14H2,1-2H3,(H,22,23)/t17-,20+,21+/m1/s1. The van der Waals surface area contributed by atoms with Crippen LogP contribution in [0.1, 0.15) is 73.9 Å². The van der Waals surface area contributed by atoms with Crippen molar-refractivity contribution >= 4 is 5.97 Å². The summed E-state index contributed by atoms with van der Waals surface area (Å²) in [5.41, 5.74) is 2.24. The Morgan fingerprint density at radius 3 is 2.80 bits per heavy atom. The Morgan fingerprint density at radius 1 is 1.32 bits per heavy atom. The van der Waals surface area contributed by atoms with E-state index in [1.54, 1.807) is 6.07 Å². The normalized spacial score (nSPS) is 31.7. The van der Waals surface area contributed by atoms with Crippen LogP contribution in [0.15, 0.2) is 18.2 Å². The zero-order valence-electron chi connectivity index (χ0n) is 15.4. The lowest BCUT2D eigenvalue weighted by Crippen LogP contribution is -2.49. The minimum Gasteiger partial charge on any atom is -0.478 e. The number of carboxylic acid groups (broad SMARTS) is 1. The Bertz CT molecular complexity index is 641. The van der Waals surface area contributed by atoms with Gasteiger partial charge in [-0.3, -0.25) is 0 Å². The van der Waals surface area contributed by atoms with Crippen LogP contribution in [0.25, 0.3) is 0 Å². The van der Waals surface area contributed by atoms with Gasteiger partial charge in [0, 0.05) is 6.61 Å². The quantitative estimate of drug-likeness (QED) is 0.847. The monoisotopic (exact) mass is 346 g/mol. The first-order chi connectivity index (χ1) is 11.9. The van der Waals surface area contributed by atoms with E-state index in [1.807, 2.05) is 19.1 Å². The van der Waals surface area contributed by atoms with Gasteiger partial charge in [0.2, 0.25) is 0 Å². The topological polar surface area (TPSA) is 66.8 Å². The smallest absolute Gasteiger partial charge is 0.335 e. The average Bonchev–Trinajstić information content (AvgIpc) is 2.76. The Balaban J connectivity index is 1.96. The molecule has 1 fully saturated rings. The van der Waals surface area contributed by atoms with Crippen molar-refractivity contribution in [2.75, 3.05) is 13.2 Å². The molecule has 0 radical (unpaired) electrons. The summed E-state index contributed by atoms with van der Waals surface area (Å²) in [6, 6.07) is 5.67. The lowest BCUT2D eigenvalue weighted by atomic mass is 9.57. The van der Waals surface area contributed by atoms with E-state index in [4.69, 9.17) is 4.74 Å². The van der Waals surface area contributed by atoms with Gasteiger partial charge in [-0.15, -0.1) is 0 Å². The van der Waals surface area contributed by atoms with E-state index in [-0.39, 0.29) is 5.41 Å². The summed E-state index contributed by atoms with van der Waals surface area (Å²) < 4.78 is 5.55. The molecule has 0 heterocycles. The van der Waals surface area contributed by atoms with Crippen LogP contribution in [0.4, 0.5) is 0 Å². The van der Waals surface area contributed by atoms with Crippen LogP contribution in [0.5, 0.6) is 0 Å². The van der Waals surface area contributed by atoms with Gasteiger partial charge < -0.3 is 14.9 Å². The van der Waals surface area contributed by atoms with Crippen molar-refractivity contribution in [1.29, 1.82) is 0 Å². The van der Waals surface area contributed by atoms with Crippen molar-refractivity contribution in [2.45, 2.75) is 69.8 Å². The molecule has 1 saturated carbocycles. The number of hydrogen-bond acceptors (Lipinski definition) is 3. The summed E-state index contributed by atoms with van der Waals surface area (Å²) in [6.07, 6.45) is 6.56. The molecule has 138 valence electrons. The zero-order valence-corrected chi connectivity index (χ0v) is 15.4. The van der Waals surface area contributed by atoms with Gasteiger partial charge in [0.25, 0.3) is 0 Å². The molecular weight excluding hydrogens is 316 g/mol. The van der Waals surface area contributed by atoms with Crippen molar-refractivity contribution in [1.82, 2.24) is 0 Å². The molecule has 25 heavy (non-hydrogen) atoms. The van der Waals surface area contributed by atoms with E-state index in [1.165, 1.54) is 11.1 Å². The fourth-order valence-corrected chi connectivity index (χ4v) is 5.19. The first-order valence-corrected chi connectivity index (χ1v) is 9.61. The maximum atomic E-state index is 11.3. The second-order valence-corrected chi connectivity index (χ2v) is 7.84. The third kappa shape index (κ3) is 3.34. The average molecular weight is 346 g/mol. The molecule has 3 rings (SSSR count). The number of aliphatic hydroxyl groups is 1. The SMILES string of the molecule is CCOC[C@]1(O)CC[C@]2(CC)c3ccc(C(=O)O)cc3CCC[C@@H]2C1. The van der Waals surface area contributed by atoms with Crippen molar-refractivity contribution in [3.05, 3.63) is 34.9 Å². The van der Waals surface area contributed by atoms with Gasteiger partial charge in [-0.1, -0.05) is 13.0 Å². The number of ether oxygens (including phenoxy) is 1. The maximum Gasteiger partial charge on any atom is 0.335 e. The molecule has 0 amide bonds. The molecular formula is C21H30O4. The predicted molar refractivity (Wildman–Crippen MR) is 97.1 cm³/mol. The fraction of sp³-hybridized carbons (Fsp3) is 0.667. The highest BCUT2D eigenvalue weighted by Crippen LogP contribution is 2.53. The number of fused-ring (bicyclic) bond motifs is 3. The molecule has 3 atom stereocenters. The van der Waals surface area contributed by atoms with Crippen molar-refractivity contribution in [3.63, 3.8) is 0 Å². The second kappa shape index (κ2) is 7.08. The molecule has 1 aromatic rings. The number of aromatic carboxylic acids is 1. The molecule has 0 aromatic heterocycles. The van der Waals surface area contributed by atoms with Crippen molar-refractivity contribution in [3.8, 4) is 0 Å². The highest BCUT2D eigenvalue weighted by Gasteiger charge is 2.49. The number of aryl methyl sites for hydroxylation is 1. The minimum absolute atomic E-state index is 0.0569. The van der Waals surface area contributed by atoms with Gasteiger partial charge in [0.15, 0.2) is 0 Å². The minimum atomic E-state index is -0.858. The molecule has 2 N–H and O–H groups in total. The van der Waals surface area contributed by atoms with Gasteiger partial charge in [0.05, 0.1) is 17.8 Å². The summed E-state index contributed by atoms with van der Waals surface area (Å²) in [4.78, 5) is 11.3. The third-order valence-electron chi connectivity index (χ3n) is 6.54. The third-order valence-corrected chi connectivity index (χ3v) is 6.54. The summed E-state index contributed by atoms with van der Waals surface area (Å²) in [7, 11) is 0. The Labute approximate surface area is 150 Å². The largest absolute Gasteiger partial charge is 0.478 e. The van der Waals surface area contributed by atoms with Crippen LogP contribution in [0, 0.1) is 5.92 Å². The van der Waals surface area contributed by atoms with Gasteiger partial charge >= 0.3 is 5.97 Å². The number of rotatable bonds is 5. The molecule has 0 spiro atoms. The molecule has 1 aromatic carbocycles. The molecule has 2 aliphatic rings. The summed E-state index contributed by atoms with van der Waals surface area (Å²) in [6.45, 7) is 5.25. The molecule has 4 heteroatoms. The molecule has 2 aliphatic carbocycles. The molecule has 0 saturated heterocycles. The molecule has 0 bridgehead atoms. The lowest BCUT2D eigenvalue weighted by Gasteiger charge is -2.50.